The van der Waals surface area contributed by atoms with E-state index in [0.717, 1.165) is 32.1 Å². The number of methoxy groups -OCH3 is 1. The van der Waals surface area contributed by atoms with Gasteiger partial charge in [-0.1, -0.05) is 35.6 Å². The van der Waals surface area contributed by atoms with Crippen LogP contribution in [0.5, 0.6) is 5.75 Å². The smallest absolute Gasteiger partial charge is 0.259 e. The summed E-state index contributed by atoms with van der Waals surface area (Å²) in [6.45, 7) is 1.86. The Hall–Kier alpha value is -3.78. The fraction of sp³-hybridized carbons (Fsp3) is 0.0909. The van der Waals surface area contributed by atoms with Crippen molar-refractivity contribution in [3.8, 4) is 16.3 Å². The maximum atomic E-state index is 12.9. The van der Waals surface area contributed by atoms with E-state index in [0.29, 0.717) is 17.0 Å². The Balaban J connectivity index is 1.40. The van der Waals surface area contributed by atoms with E-state index in [1.165, 1.54) is 11.3 Å². The third kappa shape index (κ3) is 3.17. The van der Waals surface area contributed by atoms with Crippen molar-refractivity contribution in [3.05, 3.63) is 72.1 Å². The summed E-state index contributed by atoms with van der Waals surface area (Å²) in [5.74, 6) is 1.07. The van der Waals surface area contributed by atoms with E-state index in [4.69, 9.17) is 4.74 Å². The number of benzene rings is 3. The number of rotatable bonds is 4. The normalized spacial score (nSPS) is 11.1. The van der Waals surface area contributed by atoms with Crippen molar-refractivity contribution in [3.63, 3.8) is 0 Å². The number of hydrogen-bond acceptors (Lipinski definition) is 6. The Labute approximate surface area is 176 Å². The molecule has 0 aliphatic heterocycles. The fourth-order valence-corrected chi connectivity index (χ4v) is 4.18. The van der Waals surface area contributed by atoms with Gasteiger partial charge < -0.3 is 10.1 Å². The van der Waals surface area contributed by atoms with Crippen molar-refractivity contribution in [2.24, 2.45) is 0 Å². The molecule has 30 heavy (non-hydrogen) atoms. The average Bonchev–Trinajstić information content (AvgIpc) is 3.35. The summed E-state index contributed by atoms with van der Waals surface area (Å²) < 4.78 is 7.16. The molecule has 1 N–H and O–H groups in total. The van der Waals surface area contributed by atoms with Gasteiger partial charge in [0, 0.05) is 11.3 Å². The number of amides is 1. The zero-order chi connectivity index (χ0) is 20.7. The summed E-state index contributed by atoms with van der Waals surface area (Å²) in [6, 6.07) is 19.2. The van der Waals surface area contributed by atoms with Crippen molar-refractivity contribution in [1.29, 1.82) is 0 Å². The number of aromatic nitrogens is 4. The summed E-state index contributed by atoms with van der Waals surface area (Å²) >= 11 is 1.47. The van der Waals surface area contributed by atoms with Crippen LogP contribution in [0.1, 0.15) is 16.2 Å². The fourth-order valence-electron chi connectivity index (χ4n) is 3.29. The molecule has 0 bridgehead atoms. The van der Waals surface area contributed by atoms with Gasteiger partial charge in [0.05, 0.1) is 12.7 Å². The molecule has 0 atom stereocenters. The topological polar surface area (TPSA) is 81.4 Å². The minimum atomic E-state index is -0.222. The molecular formula is C22H17N5O2S. The summed E-state index contributed by atoms with van der Waals surface area (Å²) in [4.78, 5) is 13.6. The molecule has 0 aliphatic rings. The molecule has 5 rings (SSSR count). The second kappa shape index (κ2) is 7.23. The molecule has 0 spiro atoms. The predicted molar refractivity (Wildman–Crippen MR) is 117 cm³/mol. The Morgan fingerprint density at radius 3 is 2.47 bits per heavy atom. The third-order valence-corrected chi connectivity index (χ3v) is 5.80. The van der Waals surface area contributed by atoms with Crippen molar-refractivity contribution >= 4 is 38.7 Å². The van der Waals surface area contributed by atoms with Gasteiger partial charge in [-0.25, -0.2) is 0 Å². The van der Waals surface area contributed by atoms with Gasteiger partial charge >= 0.3 is 0 Å². The van der Waals surface area contributed by atoms with E-state index in [2.05, 4.69) is 20.6 Å². The number of ether oxygens (including phenoxy) is 1. The van der Waals surface area contributed by atoms with E-state index in [1.807, 2.05) is 67.6 Å². The average molecular weight is 415 g/mol. The monoisotopic (exact) mass is 415 g/mol. The van der Waals surface area contributed by atoms with Gasteiger partial charge in [-0.2, -0.15) is 9.61 Å². The van der Waals surface area contributed by atoms with E-state index >= 15 is 0 Å². The summed E-state index contributed by atoms with van der Waals surface area (Å²) in [5.41, 5.74) is 2.13. The highest BCUT2D eigenvalue weighted by atomic mass is 32.1. The van der Waals surface area contributed by atoms with Crippen molar-refractivity contribution in [1.82, 2.24) is 19.8 Å². The number of carbonyl (C=O) groups is 1. The second-order valence-corrected chi connectivity index (χ2v) is 7.74. The number of anilines is 1. The van der Waals surface area contributed by atoms with Crippen LogP contribution in [0.2, 0.25) is 0 Å². The van der Waals surface area contributed by atoms with Crippen LogP contribution in [0, 0.1) is 6.92 Å². The van der Waals surface area contributed by atoms with Crippen LogP contribution >= 0.6 is 11.3 Å². The molecule has 5 aromatic rings. The molecule has 3 aromatic carbocycles. The molecule has 148 valence electrons. The molecule has 0 radical (unpaired) electrons. The number of aryl methyl sites for hydroxylation is 1. The second-order valence-electron chi connectivity index (χ2n) is 6.78. The summed E-state index contributed by atoms with van der Waals surface area (Å²) in [6.07, 6.45) is 0. The van der Waals surface area contributed by atoms with E-state index < -0.39 is 0 Å². The predicted octanol–water partition coefficient (Wildman–Crippen LogP) is 4.58. The lowest BCUT2D eigenvalue weighted by atomic mass is 10.1. The number of fused-ring (bicyclic) bond motifs is 2. The van der Waals surface area contributed by atoms with E-state index in [1.54, 1.807) is 11.6 Å². The van der Waals surface area contributed by atoms with Gasteiger partial charge in [-0.15, -0.1) is 10.2 Å². The summed E-state index contributed by atoms with van der Waals surface area (Å²) in [7, 11) is 1.57. The minimum absolute atomic E-state index is 0.222. The SMILES string of the molecule is COc1cc2ccccc2cc1C(=O)Nc1ccc(-c2nn3c(C)nnc3s2)cc1. The highest BCUT2D eigenvalue weighted by Gasteiger charge is 2.15. The van der Waals surface area contributed by atoms with Gasteiger partial charge in [0.25, 0.3) is 5.91 Å². The highest BCUT2D eigenvalue weighted by molar-refractivity contribution is 7.19. The molecule has 7 nitrogen and oxygen atoms in total. The van der Waals surface area contributed by atoms with Gasteiger partial charge in [0.1, 0.15) is 10.8 Å². The maximum absolute atomic E-state index is 12.9. The summed E-state index contributed by atoms with van der Waals surface area (Å²) in [5, 5.41) is 18.4. The first kappa shape index (κ1) is 18.3. The zero-order valence-corrected chi connectivity index (χ0v) is 17.1. The quantitative estimate of drug-likeness (QED) is 0.465. The van der Waals surface area contributed by atoms with E-state index in [9.17, 15) is 4.79 Å². The van der Waals surface area contributed by atoms with Gasteiger partial charge in [-0.3, -0.25) is 4.79 Å². The first-order valence-corrected chi connectivity index (χ1v) is 10.1. The number of nitrogens with zero attached hydrogens (tertiary/aromatic N) is 4. The number of carbonyl (C=O) groups excluding carboxylic acids is 1. The zero-order valence-electron chi connectivity index (χ0n) is 16.3. The Morgan fingerprint density at radius 2 is 1.77 bits per heavy atom. The first-order valence-electron chi connectivity index (χ1n) is 9.30. The van der Waals surface area contributed by atoms with E-state index in [-0.39, 0.29) is 5.91 Å². The highest BCUT2D eigenvalue weighted by Crippen LogP contribution is 2.29. The van der Waals surface area contributed by atoms with Crippen LogP contribution in [-0.4, -0.2) is 32.8 Å². The Morgan fingerprint density at radius 1 is 1.03 bits per heavy atom. The van der Waals surface area contributed by atoms with Crippen molar-refractivity contribution in [2.45, 2.75) is 6.92 Å². The Bertz CT molecular complexity index is 1390. The van der Waals surface area contributed by atoms with Crippen LogP contribution in [-0.2, 0) is 0 Å². The Kier molecular flexibility index (Phi) is 4.40. The van der Waals surface area contributed by atoms with Crippen LogP contribution in [0.15, 0.2) is 60.7 Å². The van der Waals surface area contributed by atoms with Crippen molar-refractivity contribution < 1.29 is 9.53 Å². The van der Waals surface area contributed by atoms with Crippen LogP contribution < -0.4 is 10.1 Å². The molecule has 0 aliphatic carbocycles. The molecular weight excluding hydrogens is 398 g/mol. The first-order chi connectivity index (χ1) is 14.6. The molecule has 8 heteroatoms. The molecule has 1 amide bonds. The molecule has 0 fully saturated rings. The van der Waals surface area contributed by atoms with Gasteiger partial charge in [-0.05, 0) is 54.1 Å². The molecule has 0 unspecified atom stereocenters. The third-order valence-electron chi connectivity index (χ3n) is 4.85. The van der Waals surface area contributed by atoms with Gasteiger partial charge in [0.2, 0.25) is 4.96 Å². The lowest BCUT2D eigenvalue weighted by Gasteiger charge is -2.11. The molecule has 2 heterocycles. The lowest BCUT2D eigenvalue weighted by Crippen LogP contribution is -2.13. The number of nitrogens with one attached hydrogen (secondary N) is 1. The molecule has 2 aromatic heterocycles. The number of hydrogen-bond donors (Lipinski definition) is 1. The molecule has 0 saturated carbocycles. The largest absolute Gasteiger partial charge is 0.496 e. The van der Waals surface area contributed by atoms with Gasteiger partial charge in [0.15, 0.2) is 5.82 Å². The maximum Gasteiger partial charge on any atom is 0.259 e. The molecule has 0 saturated heterocycles. The van der Waals surface area contributed by atoms with Crippen molar-refractivity contribution in [2.75, 3.05) is 12.4 Å². The standard InChI is InChI=1S/C22H17N5O2S/c1-13-24-25-22-27(13)26-21(30-22)14-7-9-17(10-8-14)23-20(28)18-11-15-5-3-4-6-16(15)12-19(18)29-2/h3-12H,1-2H3,(H,23,28). The minimum Gasteiger partial charge on any atom is -0.496 e. The lowest BCUT2D eigenvalue weighted by molar-refractivity contribution is 0.102. The van der Waals surface area contributed by atoms with Crippen LogP contribution in [0.4, 0.5) is 5.69 Å². The van der Waals surface area contributed by atoms with Crippen LogP contribution in [0.25, 0.3) is 26.3 Å². The van der Waals surface area contributed by atoms with Crippen LogP contribution in [0.3, 0.4) is 0 Å².